The second kappa shape index (κ2) is 5.72. The number of hydrogen-bond donors (Lipinski definition) is 0. The summed E-state index contributed by atoms with van der Waals surface area (Å²) in [5, 5.41) is 0. The average Bonchev–Trinajstić information content (AvgIpc) is 1.91. The summed E-state index contributed by atoms with van der Waals surface area (Å²) in [5.74, 6) is 0.888. The van der Waals surface area contributed by atoms with Crippen molar-refractivity contribution in [1.29, 1.82) is 0 Å². The maximum absolute atomic E-state index is 5.35. The van der Waals surface area contributed by atoms with Crippen molar-refractivity contribution in [1.82, 2.24) is 0 Å². The van der Waals surface area contributed by atoms with Crippen LogP contribution in [0.3, 0.4) is 0 Å². The van der Waals surface area contributed by atoms with Crippen LogP contribution in [0.1, 0.15) is 40.5 Å². The first-order chi connectivity index (χ1) is 4.79. The van der Waals surface area contributed by atoms with Gasteiger partial charge in [0, 0.05) is 6.61 Å². The predicted octanol–water partition coefficient (Wildman–Crippen LogP) is 2.85. The molecule has 1 nitrogen and oxygen atoms in total. The Morgan fingerprint density at radius 3 is 2.10 bits per heavy atom. The van der Waals surface area contributed by atoms with Crippen LogP contribution in [0, 0.1) is 5.92 Å². The minimum absolute atomic E-state index is 0.513. The summed E-state index contributed by atoms with van der Waals surface area (Å²) < 4.78 is 5.35. The highest BCUT2D eigenvalue weighted by Crippen LogP contribution is 2.18. The molecule has 1 fully saturated rings. The Morgan fingerprint density at radius 1 is 1.20 bits per heavy atom. The molecule has 0 radical (unpaired) electrons. The van der Waals surface area contributed by atoms with E-state index in [2.05, 4.69) is 13.8 Å². The molecule has 0 saturated carbocycles. The minimum atomic E-state index is 0.513. The molecule has 1 rings (SSSR count). The Morgan fingerprint density at radius 2 is 1.80 bits per heavy atom. The first-order valence-electron chi connectivity index (χ1n) is 4.40. The third-order valence-electron chi connectivity index (χ3n) is 1.75. The minimum Gasteiger partial charge on any atom is -0.378 e. The molecule has 1 heterocycles. The molecular formula is C9H20O. The van der Waals surface area contributed by atoms with Gasteiger partial charge in [-0.25, -0.2) is 0 Å². The summed E-state index contributed by atoms with van der Waals surface area (Å²) >= 11 is 0. The highest BCUT2D eigenvalue weighted by Gasteiger charge is 2.13. The maximum atomic E-state index is 5.35. The highest BCUT2D eigenvalue weighted by molar-refractivity contribution is 4.63. The number of hydrogen-bond acceptors (Lipinski definition) is 1. The third-order valence-corrected chi connectivity index (χ3v) is 1.75. The van der Waals surface area contributed by atoms with Gasteiger partial charge in [0.1, 0.15) is 0 Å². The molecule has 1 aliphatic rings. The zero-order valence-corrected chi connectivity index (χ0v) is 7.68. The molecule has 0 amide bonds. The van der Waals surface area contributed by atoms with E-state index in [-0.39, 0.29) is 0 Å². The summed E-state index contributed by atoms with van der Waals surface area (Å²) in [5.41, 5.74) is 0. The van der Waals surface area contributed by atoms with Crippen molar-refractivity contribution >= 4 is 0 Å². The molecule has 0 bridgehead atoms. The summed E-state index contributed by atoms with van der Waals surface area (Å²) in [6.07, 6.45) is 3.02. The molecule has 0 unspecified atom stereocenters. The second-order valence-corrected chi connectivity index (χ2v) is 2.81. The molecule has 1 saturated heterocycles. The van der Waals surface area contributed by atoms with E-state index >= 15 is 0 Å². The Bertz CT molecular complexity index is 63.1. The quantitative estimate of drug-likeness (QED) is 0.508. The van der Waals surface area contributed by atoms with Gasteiger partial charge in [0.2, 0.25) is 0 Å². The standard InChI is InChI=1S/C7H14O.C2H6/c1-6-3-4-8-7(2)5-6;1-2/h6-7H,3-5H2,1-2H3;1-2H3/t6-,7+;/m0./s1. The fourth-order valence-corrected chi connectivity index (χ4v) is 1.22. The van der Waals surface area contributed by atoms with Crippen molar-refractivity contribution in [2.45, 2.75) is 46.6 Å². The summed E-state index contributed by atoms with van der Waals surface area (Å²) in [6.45, 7) is 9.41. The van der Waals surface area contributed by atoms with E-state index in [1.165, 1.54) is 12.8 Å². The van der Waals surface area contributed by atoms with Crippen LogP contribution in [0.4, 0.5) is 0 Å². The lowest BCUT2D eigenvalue weighted by Crippen LogP contribution is -2.20. The molecule has 1 heteroatoms. The topological polar surface area (TPSA) is 9.23 Å². The molecule has 1 aliphatic heterocycles. The van der Waals surface area contributed by atoms with Gasteiger partial charge in [-0.1, -0.05) is 20.8 Å². The van der Waals surface area contributed by atoms with Crippen LogP contribution in [-0.2, 0) is 4.74 Å². The number of rotatable bonds is 0. The Kier molecular flexibility index (Phi) is 5.70. The zero-order chi connectivity index (χ0) is 7.98. The molecule has 0 aliphatic carbocycles. The number of ether oxygens (including phenoxy) is 1. The SMILES string of the molecule is CC.C[C@H]1CCO[C@H](C)C1. The molecule has 10 heavy (non-hydrogen) atoms. The van der Waals surface area contributed by atoms with Gasteiger partial charge in [0.15, 0.2) is 0 Å². The Labute approximate surface area is 64.8 Å². The monoisotopic (exact) mass is 144 g/mol. The Hall–Kier alpha value is -0.0400. The molecular weight excluding hydrogens is 124 g/mol. The van der Waals surface area contributed by atoms with E-state index in [1.54, 1.807) is 0 Å². The zero-order valence-electron chi connectivity index (χ0n) is 7.68. The predicted molar refractivity (Wildman–Crippen MR) is 45.2 cm³/mol. The van der Waals surface area contributed by atoms with Gasteiger partial charge in [-0.15, -0.1) is 0 Å². The van der Waals surface area contributed by atoms with E-state index in [9.17, 15) is 0 Å². The molecule has 62 valence electrons. The summed E-state index contributed by atoms with van der Waals surface area (Å²) in [4.78, 5) is 0. The van der Waals surface area contributed by atoms with Crippen LogP contribution < -0.4 is 0 Å². The average molecular weight is 144 g/mol. The van der Waals surface area contributed by atoms with Crippen molar-refractivity contribution in [3.63, 3.8) is 0 Å². The first-order valence-corrected chi connectivity index (χ1v) is 4.40. The van der Waals surface area contributed by atoms with Crippen molar-refractivity contribution < 1.29 is 4.74 Å². The van der Waals surface area contributed by atoms with Crippen LogP contribution in [0.15, 0.2) is 0 Å². The van der Waals surface area contributed by atoms with E-state index in [4.69, 9.17) is 4.74 Å². The van der Waals surface area contributed by atoms with Crippen molar-refractivity contribution in [3.8, 4) is 0 Å². The van der Waals surface area contributed by atoms with Gasteiger partial charge in [0.25, 0.3) is 0 Å². The smallest absolute Gasteiger partial charge is 0.0549 e. The fourth-order valence-electron chi connectivity index (χ4n) is 1.22. The van der Waals surface area contributed by atoms with Crippen LogP contribution >= 0.6 is 0 Å². The maximum Gasteiger partial charge on any atom is 0.0549 e. The lowest BCUT2D eigenvalue weighted by molar-refractivity contribution is 0.00682. The van der Waals surface area contributed by atoms with Crippen LogP contribution in [0.2, 0.25) is 0 Å². The molecule has 2 atom stereocenters. The van der Waals surface area contributed by atoms with E-state index in [0.29, 0.717) is 6.10 Å². The van der Waals surface area contributed by atoms with Crippen molar-refractivity contribution in [2.24, 2.45) is 5.92 Å². The van der Waals surface area contributed by atoms with Gasteiger partial charge in [-0.3, -0.25) is 0 Å². The van der Waals surface area contributed by atoms with E-state index in [0.717, 1.165) is 12.5 Å². The highest BCUT2D eigenvalue weighted by atomic mass is 16.5. The molecule has 0 aromatic rings. The summed E-state index contributed by atoms with van der Waals surface area (Å²) in [7, 11) is 0. The normalized spacial score (nSPS) is 32.4. The van der Waals surface area contributed by atoms with Gasteiger partial charge < -0.3 is 4.74 Å². The molecule has 0 N–H and O–H groups in total. The largest absolute Gasteiger partial charge is 0.378 e. The first kappa shape index (κ1) is 9.96. The molecule has 0 aromatic carbocycles. The van der Waals surface area contributed by atoms with Crippen LogP contribution in [0.5, 0.6) is 0 Å². The van der Waals surface area contributed by atoms with Gasteiger partial charge in [-0.05, 0) is 25.7 Å². The van der Waals surface area contributed by atoms with Gasteiger partial charge in [-0.2, -0.15) is 0 Å². The fraction of sp³-hybridized carbons (Fsp3) is 1.00. The van der Waals surface area contributed by atoms with Crippen LogP contribution in [0.25, 0.3) is 0 Å². The van der Waals surface area contributed by atoms with Crippen LogP contribution in [-0.4, -0.2) is 12.7 Å². The van der Waals surface area contributed by atoms with E-state index in [1.807, 2.05) is 13.8 Å². The van der Waals surface area contributed by atoms with Crippen molar-refractivity contribution in [2.75, 3.05) is 6.61 Å². The van der Waals surface area contributed by atoms with Crippen molar-refractivity contribution in [3.05, 3.63) is 0 Å². The second-order valence-electron chi connectivity index (χ2n) is 2.81. The molecule has 0 aromatic heterocycles. The molecule has 0 spiro atoms. The van der Waals surface area contributed by atoms with E-state index < -0.39 is 0 Å². The van der Waals surface area contributed by atoms with Gasteiger partial charge >= 0.3 is 0 Å². The lowest BCUT2D eigenvalue weighted by atomic mass is 9.99. The van der Waals surface area contributed by atoms with Gasteiger partial charge in [0.05, 0.1) is 6.10 Å². The Balaban J connectivity index is 0.000000371. The summed E-state index contributed by atoms with van der Waals surface area (Å²) in [6, 6.07) is 0. The lowest BCUT2D eigenvalue weighted by Gasteiger charge is -2.23. The third kappa shape index (κ3) is 3.89.